The van der Waals surface area contributed by atoms with E-state index in [0.29, 0.717) is 18.5 Å². The van der Waals surface area contributed by atoms with E-state index >= 15 is 0 Å². The Morgan fingerprint density at radius 3 is 2.40 bits per heavy atom. The van der Waals surface area contributed by atoms with Gasteiger partial charge in [-0.3, -0.25) is 4.79 Å². The number of carbonyl (C=O) groups excluding carboxylic acids is 2. The number of Topliss-reactive ketones (excluding diaryl/α,β-unsaturated/α-hetero) is 1. The molecule has 1 N–H and O–H groups in total. The predicted molar refractivity (Wildman–Crippen MR) is 62.2 cm³/mol. The largest absolute Gasteiger partial charge is 0.450 e. The number of ketones is 1. The summed E-state index contributed by atoms with van der Waals surface area (Å²) >= 11 is 3.13. The molecule has 0 aliphatic carbocycles. The van der Waals surface area contributed by atoms with Crippen LogP contribution < -0.4 is 5.32 Å². The summed E-state index contributed by atoms with van der Waals surface area (Å²) in [5.41, 5.74) is 0. The number of carbonyl (C=O) groups is 2. The zero-order valence-corrected chi connectivity index (χ0v) is 11.0. The summed E-state index contributed by atoms with van der Waals surface area (Å²) in [6.45, 7) is 6.32. The first-order valence-electron chi connectivity index (χ1n) is 5.02. The maximum Gasteiger partial charge on any atom is 0.407 e. The maximum absolute atomic E-state index is 11.5. The zero-order chi connectivity index (χ0) is 11.8. The summed E-state index contributed by atoms with van der Waals surface area (Å²) in [6, 6.07) is 0. The summed E-state index contributed by atoms with van der Waals surface area (Å²) in [4.78, 5) is 22.5. The summed E-state index contributed by atoms with van der Waals surface area (Å²) in [5.74, 6) is 0.146. The van der Waals surface area contributed by atoms with E-state index in [0.717, 1.165) is 0 Å². The lowest BCUT2D eigenvalue weighted by molar-refractivity contribution is -0.121. The van der Waals surface area contributed by atoms with Crippen LogP contribution in [0.2, 0.25) is 0 Å². The monoisotopic (exact) mass is 279 g/mol. The molecular weight excluding hydrogens is 262 g/mol. The van der Waals surface area contributed by atoms with Gasteiger partial charge < -0.3 is 10.1 Å². The van der Waals surface area contributed by atoms with Gasteiger partial charge in [0.2, 0.25) is 0 Å². The standard InChI is InChI=1S/C10H18BrNO3/c1-4-15-10(14)12-6-8(7(2)3)9(13)5-11/h7-8H,4-6H2,1-3H3,(H,12,14). The molecule has 0 saturated heterocycles. The molecule has 4 nitrogen and oxygen atoms in total. The number of rotatable bonds is 6. The molecule has 88 valence electrons. The van der Waals surface area contributed by atoms with Crippen LogP contribution >= 0.6 is 15.9 Å². The van der Waals surface area contributed by atoms with E-state index in [1.807, 2.05) is 13.8 Å². The van der Waals surface area contributed by atoms with Gasteiger partial charge in [0, 0.05) is 12.5 Å². The topological polar surface area (TPSA) is 55.4 Å². The molecule has 0 aliphatic heterocycles. The van der Waals surface area contributed by atoms with Crippen molar-refractivity contribution < 1.29 is 14.3 Å². The van der Waals surface area contributed by atoms with E-state index in [1.54, 1.807) is 6.92 Å². The van der Waals surface area contributed by atoms with Crippen LogP contribution in [0, 0.1) is 11.8 Å². The second-order valence-electron chi connectivity index (χ2n) is 3.55. The Balaban J connectivity index is 4.07. The van der Waals surface area contributed by atoms with E-state index in [4.69, 9.17) is 4.74 Å². The van der Waals surface area contributed by atoms with Crippen molar-refractivity contribution in [2.45, 2.75) is 20.8 Å². The van der Waals surface area contributed by atoms with Crippen molar-refractivity contribution in [3.63, 3.8) is 0 Å². The summed E-state index contributed by atoms with van der Waals surface area (Å²) in [7, 11) is 0. The second-order valence-corrected chi connectivity index (χ2v) is 4.11. The van der Waals surface area contributed by atoms with Gasteiger partial charge in [0.25, 0.3) is 0 Å². The predicted octanol–water partition coefficient (Wildman–Crippen LogP) is 1.97. The molecule has 0 aromatic rings. The van der Waals surface area contributed by atoms with E-state index < -0.39 is 6.09 Å². The van der Waals surface area contributed by atoms with Crippen molar-refractivity contribution in [3.8, 4) is 0 Å². The van der Waals surface area contributed by atoms with E-state index in [-0.39, 0.29) is 17.6 Å². The molecule has 0 spiro atoms. The fraction of sp³-hybridized carbons (Fsp3) is 0.800. The van der Waals surface area contributed by atoms with Crippen molar-refractivity contribution in [2.24, 2.45) is 11.8 Å². The van der Waals surface area contributed by atoms with Crippen molar-refractivity contribution in [1.82, 2.24) is 5.32 Å². The molecule has 0 aliphatic rings. The smallest absolute Gasteiger partial charge is 0.407 e. The third-order valence-corrected chi connectivity index (χ3v) is 2.64. The molecular formula is C10H18BrNO3. The van der Waals surface area contributed by atoms with Crippen LogP contribution in [0.1, 0.15) is 20.8 Å². The number of alkyl halides is 1. The molecule has 0 rings (SSSR count). The van der Waals surface area contributed by atoms with Gasteiger partial charge in [-0.15, -0.1) is 0 Å². The molecule has 1 unspecified atom stereocenters. The van der Waals surface area contributed by atoms with Crippen molar-refractivity contribution in [1.29, 1.82) is 0 Å². The van der Waals surface area contributed by atoms with Gasteiger partial charge >= 0.3 is 6.09 Å². The first-order chi connectivity index (χ1) is 7.02. The molecule has 5 heteroatoms. The number of hydrogen-bond acceptors (Lipinski definition) is 3. The van der Waals surface area contributed by atoms with Crippen LogP contribution in [0.5, 0.6) is 0 Å². The Morgan fingerprint density at radius 2 is 2.00 bits per heavy atom. The number of hydrogen-bond donors (Lipinski definition) is 1. The van der Waals surface area contributed by atoms with Crippen LogP contribution in [0.4, 0.5) is 4.79 Å². The van der Waals surface area contributed by atoms with Gasteiger partial charge in [-0.25, -0.2) is 4.79 Å². The lowest BCUT2D eigenvalue weighted by Crippen LogP contribution is -2.36. The van der Waals surface area contributed by atoms with Crippen LogP contribution in [0.3, 0.4) is 0 Å². The number of alkyl carbamates (subject to hydrolysis) is 1. The van der Waals surface area contributed by atoms with Gasteiger partial charge in [0.05, 0.1) is 11.9 Å². The van der Waals surface area contributed by atoms with Gasteiger partial charge in [-0.1, -0.05) is 29.8 Å². The Bertz CT molecular complexity index is 219. The highest BCUT2D eigenvalue weighted by molar-refractivity contribution is 9.09. The van der Waals surface area contributed by atoms with Gasteiger partial charge in [0.1, 0.15) is 5.78 Å². The Labute approximate surface area is 98.9 Å². The highest BCUT2D eigenvalue weighted by Gasteiger charge is 2.21. The van der Waals surface area contributed by atoms with E-state index in [1.165, 1.54) is 0 Å². The average Bonchev–Trinajstić information content (AvgIpc) is 2.17. The third kappa shape index (κ3) is 5.77. The maximum atomic E-state index is 11.5. The summed E-state index contributed by atoms with van der Waals surface area (Å²) < 4.78 is 4.71. The highest BCUT2D eigenvalue weighted by atomic mass is 79.9. The van der Waals surface area contributed by atoms with Crippen LogP contribution in [-0.2, 0) is 9.53 Å². The first-order valence-corrected chi connectivity index (χ1v) is 6.14. The molecule has 0 aromatic heterocycles. The molecule has 0 heterocycles. The molecule has 0 radical (unpaired) electrons. The lowest BCUT2D eigenvalue weighted by atomic mass is 9.92. The number of nitrogens with one attached hydrogen (secondary N) is 1. The Hall–Kier alpha value is -0.580. The van der Waals surface area contributed by atoms with Gasteiger partial charge in [-0.2, -0.15) is 0 Å². The van der Waals surface area contributed by atoms with Gasteiger partial charge in [-0.05, 0) is 12.8 Å². The second kappa shape index (κ2) is 7.68. The minimum absolute atomic E-state index is 0.0989. The average molecular weight is 280 g/mol. The molecule has 15 heavy (non-hydrogen) atoms. The SMILES string of the molecule is CCOC(=O)NCC(C(=O)CBr)C(C)C. The van der Waals surface area contributed by atoms with E-state index in [2.05, 4.69) is 21.2 Å². The fourth-order valence-corrected chi connectivity index (χ4v) is 1.61. The van der Waals surface area contributed by atoms with Crippen molar-refractivity contribution >= 4 is 27.8 Å². The summed E-state index contributed by atoms with van der Waals surface area (Å²) in [5, 5.41) is 2.90. The number of ether oxygens (including phenoxy) is 1. The van der Waals surface area contributed by atoms with Crippen molar-refractivity contribution in [2.75, 3.05) is 18.5 Å². The van der Waals surface area contributed by atoms with Crippen LogP contribution in [-0.4, -0.2) is 30.4 Å². The lowest BCUT2D eigenvalue weighted by Gasteiger charge is -2.18. The normalized spacial score (nSPS) is 12.3. The minimum atomic E-state index is -0.467. The molecule has 1 atom stereocenters. The molecule has 0 fully saturated rings. The van der Waals surface area contributed by atoms with Crippen LogP contribution in [0.25, 0.3) is 0 Å². The van der Waals surface area contributed by atoms with E-state index in [9.17, 15) is 9.59 Å². The van der Waals surface area contributed by atoms with Crippen molar-refractivity contribution in [3.05, 3.63) is 0 Å². The van der Waals surface area contributed by atoms with Crippen LogP contribution in [0.15, 0.2) is 0 Å². The highest BCUT2D eigenvalue weighted by Crippen LogP contribution is 2.12. The molecule has 1 amide bonds. The third-order valence-electron chi connectivity index (χ3n) is 2.09. The zero-order valence-electron chi connectivity index (χ0n) is 9.38. The Morgan fingerprint density at radius 1 is 1.40 bits per heavy atom. The fourth-order valence-electron chi connectivity index (χ4n) is 1.20. The summed E-state index contributed by atoms with van der Waals surface area (Å²) in [6.07, 6.45) is -0.467. The number of halogens is 1. The number of amides is 1. The quantitative estimate of drug-likeness (QED) is 0.757. The molecule has 0 aromatic carbocycles. The molecule has 0 saturated carbocycles. The first kappa shape index (κ1) is 14.4. The molecule has 0 bridgehead atoms. The minimum Gasteiger partial charge on any atom is -0.450 e. The van der Waals surface area contributed by atoms with Gasteiger partial charge in [0.15, 0.2) is 0 Å². The Kier molecular flexibility index (Phi) is 7.38.